The van der Waals surface area contributed by atoms with E-state index in [2.05, 4.69) is 0 Å². The van der Waals surface area contributed by atoms with Gasteiger partial charge in [0.05, 0.1) is 24.3 Å². The maximum absolute atomic E-state index is 12.3. The fourth-order valence-corrected chi connectivity index (χ4v) is 3.38. The number of aromatic hydroxyl groups is 2. The van der Waals surface area contributed by atoms with Crippen LogP contribution in [0.2, 0.25) is 0 Å². The third kappa shape index (κ3) is 7.52. The van der Waals surface area contributed by atoms with Crippen molar-refractivity contribution in [2.24, 2.45) is 5.41 Å². The number of hydrogen-bond acceptors (Lipinski definition) is 8. The summed E-state index contributed by atoms with van der Waals surface area (Å²) in [5, 5.41) is 19.5. The second-order valence-corrected chi connectivity index (χ2v) is 9.50. The van der Waals surface area contributed by atoms with Gasteiger partial charge in [-0.2, -0.15) is 0 Å². The van der Waals surface area contributed by atoms with E-state index in [-0.39, 0.29) is 28.4 Å². The molecule has 0 bridgehead atoms. The minimum Gasteiger partial charge on any atom is -0.504 e. The summed E-state index contributed by atoms with van der Waals surface area (Å²) >= 11 is 0. The van der Waals surface area contributed by atoms with Crippen LogP contribution in [0.4, 0.5) is 0 Å². The van der Waals surface area contributed by atoms with Crippen LogP contribution in [0.5, 0.6) is 34.5 Å². The van der Waals surface area contributed by atoms with Crippen molar-refractivity contribution in [3.05, 3.63) is 108 Å². The molecule has 8 heteroatoms. The Morgan fingerprint density at radius 3 is 1.31 bits per heavy atom. The van der Waals surface area contributed by atoms with Crippen LogP contribution in [0.1, 0.15) is 34.6 Å². The van der Waals surface area contributed by atoms with Crippen LogP contribution in [-0.2, 0) is 0 Å². The molecule has 0 aliphatic carbocycles. The molecule has 8 nitrogen and oxygen atoms in total. The van der Waals surface area contributed by atoms with Gasteiger partial charge in [-0.05, 0) is 72.8 Å². The Morgan fingerprint density at radius 2 is 0.949 bits per heavy atom. The molecular weight excluding hydrogens is 500 g/mol. The standard InChI is InChI=1S/C31H28O8/c1-31(2,19-36-23-15-11-21(12-16-23)29(34)38-27-9-5-3-7-25(27)32)20-37-24-17-13-22(14-18-24)30(35)39-28-10-6-4-8-26(28)33/h3-18,32-33H,19-20H2,1-2H3. The lowest BCUT2D eigenvalue weighted by molar-refractivity contribution is 0.0720. The summed E-state index contributed by atoms with van der Waals surface area (Å²) in [4.78, 5) is 24.7. The van der Waals surface area contributed by atoms with Crippen LogP contribution in [-0.4, -0.2) is 35.4 Å². The van der Waals surface area contributed by atoms with E-state index in [0.717, 1.165) is 0 Å². The second kappa shape index (κ2) is 12.0. The van der Waals surface area contributed by atoms with Gasteiger partial charge in [-0.3, -0.25) is 0 Å². The molecule has 0 aliphatic rings. The fourth-order valence-electron chi connectivity index (χ4n) is 3.38. The van der Waals surface area contributed by atoms with E-state index in [9.17, 15) is 19.8 Å². The highest BCUT2D eigenvalue weighted by Gasteiger charge is 2.21. The monoisotopic (exact) mass is 528 g/mol. The number of phenols is 2. The predicted octanol–water partition coefficient (Wildman–Crippen LogP) is 6.02. The van der Waals surface area contributed by atoms with Crippen LogP contribution in [0.3, 0.4) is 0 Å². The van der Waals surface area contributed by atoms with Gasteiger partial charge >= 0.3 is 11.9 Å². The van der Waals surface area contributed by atoms with Gasteiger partial charge in [0.1, 0.15) is 11.5 Å². The van der Waals surface area contributed by atoms with E-state index < -0.39 is 11.9 Å². The highest BCUT2D eigenvalue weighted by molar-refractivity contribution is 5.92. The quantitative estimate of drug-likeness (QED) is 0.190. The normalized spacial score (nSPS) is 10.9. The lowest BCUT2D eigenvalue weighted by atomic mass is 9.96. The first-order chi connectivity index (χ1) is 18.7. The predicted molar refractivity (Wildman–Crippen MR) is 144 cm³/mol. The third-order valence-electron chi connectivity index (χ3n) is 5.58. The number of carbonyl (C=O) groups excluding carboxylic acids is 2. The van der Waals surface area contributed by atoms with Gasteiger partial charge in [0, 0.05) is 5.41 Å². The summed E-state index contributed by atoms with van der Waals surface area (Å²) in [6.45, 7) is 4.67. The van der Waals surface area contributed by atoms with Gasteiger partial charge in [0.2, 0.25) is 0 Å². The van der Waals surface area contributed by atoms with Gasteiger partial charge in [0.15, 0.2) is 23.0 Å². The average Bonchev–Trinajstić information content (AvgIpc) is 2.94. The summed E-state index contributed by atoms with van der Waals surface area (Å²) in [6, 6.07) is 25.6. The van der Waals surface area contributed by atoms with E-state index in [1.54, 1.807) is 72.8 Å². The first kappa shape index (κ1) is 27.1. The minimum atomic E-state index is -0.589. The zero-order valence-corrected chi connectivity index (χ0v) is 21.5. The second-order valence-electron chi connectivity index (χ2n) is 9.50. The van der Waals surface area contributed by atoms with E-state index in [1.807, 2.05) is 13.8 Å². The molecular formula is C31H28O8. The lowest BCUT2D eigenvalue weighted by Gasteiger charge is -2.25. The van der Waals surface area contributed by atoms with Gasteiger partial charge < -0.3 is 29.2 Å². The molecule has 0 spiro atoms. The molecule has 0 amide bonds. The van der Waals surface area contributed by atoms with Crippen LogP contribution in [0, 0.1) is 5.41 Å². The molecule has 0 saturated carbocycles. The molecule has 0 aliphatic heterocycles. The summed E-state index contributed by atoms with van der Waals surface area (Å²) in [5.41, 5.74) is 0.285. The molecule has 0 saturated heterocycles. The maximum atomic E-state index is 12.3. The third-order valence-corrected chi connectivity index (χ3v) is 5.58. The van der Waals surface area contributed by atoms with Crippen molar-refractivity contribution in [2.75, 3.05) is 13.2 Å². The van der Waals surface area contributed by atoms with Gasteiger partial charge in [-0.15, -0.1) is 0 Å². The highest BCUT2D eigenvalue weighted by Crippen LogP contribution is 2.27. The van der Waals surface area contributed by atoms with Crippen LogP contribution in [0.15, 0.2) is 97.1 Å². The first-order valence-electron chi connectivity index (χ1n) is 12.2. The Labute approximate surface area is 226 Å². The molecule has 0 fully saturated rings. The molecule has 4 rings (SSSR count). The highest BCUT2D eigenvalue weighted by atomic mass is 16.5. The Kier molecular flexibility index (Phi) is 8.36. The number of phenolic OH excluding ortho intramolecular Hbond substituents is 2. The Bertz CT molecular complexity index is 1320. The number of esters is 2. The van der Waals surface area contributed by atoms with Gasteiger partial charge in [-0.25, -0.2) is 9.59 Å². The average molecular weight is 529 g/mol. The van der Waals surface area contributed by atoms with Crippen molar-refractivity contribution >= 4 is 11.9 Å². The number of para-hydroxylation sites is 4. The number of benzene rings is 4. The zero-order chi connectivity index (χ0) is 27.8. The Hall–Kier alpha value is -4.98. The molecule has 0 aromatic heterocycles. The molecule has 39 heavy (non-hydrogen) atoms. The Balaban J connectivity index is 1.25. The van der Waals surface area contributed by atoms with E-state index >= 15 is 0 Å². The zero-order valence-electron chi connectivity index (χ0n) is 21.5. The topological polar surface area (TPSA) is 112 Å². The Morgan fingerprint density at radius 1 is 0.590 bits per heavy atom. The molecule has 200 valence electrons. The molecule has 2 N–H and O–H groups in total. The molecule has 4 aromatic carbocycles. The van der Waals surface area contributed by atoms with E-state index in [0.29, 0.717) is 35.8 Å². The number of carbonyl (C=O) groups is 2. The molecule has 0 atom stereocenters. The first-order valence-corrected chi connectivity index (χ1v) is 12.2. The molecule has 0 radical (unpaired) electrons. The molecule has 4 aromatic rings. The smallest absolute Gasteiger partial charge is 0.343 e. The number of ether oxygens (including phenoxy) is 4. The van der Waals surface area contributed by atoms with Crippen molar-refractivity contribution in [1.82, 2.24) is 0 Å². The number of rotatable bonds is 10. The van der Waals surface area contributed by atoms with Crippen molar-refractivity contribution in [2.45, 2.75) is 13.8 Å². The summed E-state index contributed by atoms with van der Waals surface area (Å²) in [5.74, 6) is -0.0680. The van der Waals surface area contributed by atoms with Crippen molar-refractivity contribution in [1.29, 1.82) is 0 Å². The number of hydrogen-bond donors (Lipinski definition) is 2. The SMILES string of the molecule is CC(C)(COc1ccc(C(=O)Oc2ccccc2O)cc1)COc1ccc(C(=O)Oc2ccccc2O)cc1. The summed E-state index contributed by atoms with van der Waals surface area (Å²) < 4.78 is 22.2. The fraction of sp³-hybridized carbons (Fsp3) is 0.161. The van der Waals surface area contributed by atoms with Gasteiger partial charge in [0.25, 0.3) is 0 Å². The van der Waals surface area contributed by atoms with Crippen LogP contribution >= 0.6 is 0 Å². The lowest BCUT2D eigenvalue weighted by Crippen LogP contribution is -2.28. The van der Waals surface area contributed by atoms with E-state index in [4.69, 9.17) is 18.9 Å². The largest absolute Gasteiger partial charge is 0.504 e. The summed E-state index contributed by atoms with van der Waals surface area (Å²) in [6.07, 6.45) is 0. The van der Waals surface area contributed by atoms with Crippen molar-refractivity contribution in [3.63, 3.8) is 0 Å². The minimum absolute atomic E-state index is 0.0895. The maximum Gasteiger partial charge on any atom is 0.343 e. The molecule has 0 unspecified atom stereocenters. The van der Waals surface area contributed by atoms with Crippen molar-refractivity contribution < 1.29 is 38.7 Å². The van der Waals surface area contributed by atoms with Crippen molar-refractivity contribution in [3.8, 4) is 34.5 Å². The van der Waals surface area contributed by atoms with Gasteiger partial charge in [-0.1, -0.05) is 38.1 Å². The summed E-state index contributed by atoms with van der Waals surface area (Å²) in [7, 11) is 0. The molecule has 0 heterocycles. The van der Waals surface area contributed by atoms with E-state index in [1.165, 1.54) is 24.3 Å². The van der Waals surface area contributed by atoms with Crippen LogP contribution < -0.4 is 18.9 Å². The van der Waals surface area contributed by atoms with Crippen LogP contribution in [0.25, 0.3) is 0 Å².